The number of nitrogens with zero attached hydrogens (tertiary/aromatic N) is 1. The SMILES string of the molecule is Cc1cccc(CN(C(=O)CCc2cccc3ccccc23)[C@H](C)C(=O)NC(C)(C)C)c1. The van der Waals surface area contributed by atoms with E-state index in [-0.39, 0.29) is 17.4 Å². The lowest BCUT2D eigenvalue weighted by molar-refractivity contribution is -0.141. The Hall–Kier alpha value is -3.14. The quantitative estimate of drug-likeness (QED) is 0.545. The predicted molar refractivity (Wildman–Crippen MR) is 131 cm³/mol. The molecule has 0 aliphatic rings. The Bertz CT molecular complexity index is 1090. The molecule has 0 saturated heterocycles. The molecule has 168 valence electrons. The largest absolute Gasteiger partial charge is 0.350 e. The van der Waals surface area contributed by atoms with Crippen molar-refractivity contribution in [2.24, 2.45) is 0 Å². The summed E-state index contributed by atoms with van der Waals surface area (Å²) in [7, 11) is 0. The first-order valence-corrected chi connectivity index (χ1v) is 11.3. The van der Waals surface area contributed by atoms with Crippen LogP contribution in [-0.4, -0.2) is 28.3 Å². The molecular weight excluding hydrogens is 396 g/mol. The third kappa shape index (κ3) is 6.19. The molecule has 1 atom stereocenters. The van der Waals surface area contributed by atoms with Crippen molar-refractivity contribution in [3.05, 3.63) is 83.4 Å². The fraction of sp³-hybridized carbons (Fsp3) is 0.357. The lowest BCUT2D eigenvalue weighted by Crippen LogP contribution is -2.52. The number of benzene rings is 3. The molecule has 32 heavy (non-hydrogen) atoms. The van der Waals surface area contributed by atoms with Crippen LogP contribution in [0.5, 0.6) is 0 Å². The molecular formula is C28H34N2O2. The van der Waals surface area contributed by atoms with E-state index < -0.39 is 6.04 Å². The molecule has 1 N–H and O–H groups in total. The van der Waals surface area contributed by atoms with E-state index in [0.29, 0.717) is 19.4 Å². The molecule has 0 fully saturated rings. The van der Waals surface area contributed by atoms with Crippen molar-refractivity contribution in [2.45, 2.75) is 65.6 Å². The smallest absolute Gasteiger partial charge is 0.242 e. The van der Waals surface area contributed by atoms with Gasteiger partial charge in [-0.15, -0.1) is 0 Å². The summed E-state index contributed by atoms with van der Waals surface area (Å²) >= 11 is 0. The first-order chi connectivity index (χ1) is 15.1. The maximum absolute atomic E-state index is 13.4. The van der Waals surface area contributed by atoms with Crippen molar-refractivity contribution < 1.29 is 9.59 Å². The predicted octanol–water partition coefficient (Wildman–Crippen LogP) is 5.41. The summed E-state index contributed by atoms with van der Waals surface area (Å²) in [6.45, 7) is 10.1. The van der Waals surface area contributed by atoms with E-state index in [0.717, 1.165) is 16.7 Å². The highest BCUT2D eigenvalue weighted by Crippen LogP contribution is 2.21. The van der Waals surface area contributed by atoms with E-state index >= 15 is 0 Å². The van der Waals surface area contributed by atoms with Crippen LogP contribution in [0.25, 0.3) is 10.8 Å². The van der Waals surface area contributed by atoms with Crippen molar-refractivity contribution in [1.29, 1.82) is 0 Å². The zero-order valence-corrected chi connectivity index (χ0v) is 19.8. The molecule has 4 heteroatoms. The van der Waals surface area contributed by atoms with Gasteiger partial charge in [-0.2, -0.15) is 0 Å². The third-order valence-electron chi connectivity index (χ3n) is 5.59. The van der Waals surface area contributed by atoms with E-state index in [1.807, 2.05) is 71.0 Å². The zero-order valence-electron chi connectivity index (χ0n) is 19.8. The molecule has 0 radical (unpaired) electrons. The van der Waals surface area contributed by atoms with Gasteiger partial charge in [0.15, 0.2) is 0 Å². The first kappa shape index (κ1) is 23.5. The highest BCUT2D eigenvalue weighted by Gasteiger charge is 2.28. The fourth-order valence-corrected chi connectivity index (χ4v) is 3.96. The maximum atomic E-state index is 13.4. The monoisotopic (exact) mass is 430 g/mol. The summed E-state index contributed by atoms with van der Waals surface area (Å²) in [4.78, 5) is 28.0. The zero-order chi connectivity index (χ0) is 23.3. The molecule has 0 spiro atoms. The Balaban J connectivity index is 1.81. The Morgan fingerprint density at radius 1 is 0.969 bits per heavy atom. The number of carbonyl (C=O) groups is 2. The number of nitrogens with one attached hydrogen (secondary N) is 1. The Kier molecular flexibility index (Phi) is 7.34. The molecule has 0 unspecified atom stereocenters. The van der Waals surface area contributed by atoms with E-state index in [1.54, 1.807) is 4.90 Å². The molecule has 0 heterocycles. The minimum Gasteiger partial charge on any atom is -0.350 e. The number of carbonyl (C=O) groups excluding carboxylic acids is 2. The van der Waals surface area contributed by atoms with Gasteiger partial charge in [0.05, 0.1) is 0 Å². The highest BCUT2D eigenvalue weighted by atomic mass is 16.2. The summed E-state index contributed by atoms with van der Waals surface area (Å²) in [5, 5.41) is 5.36. The van der Waals surface area contributed by atoms with Crippen LogP contribution < -0.4 is 5.32 Å². The fourth-order valence-electron chi connectivity index (χ4n) is 3.96. The standard InChI is InChI=1S/C28H34N2O2/c1-20-10-8-11-22(18-20)19-30(21(2)27(32)29-28(3,4)5)26(31)17-16-24-14-9-13-23-12-6-7-15-25(23)24/h6-15,18,21H,16-17,19H2,1-5H3,(H,29,32)/t21-/m1/s1. The van der Waals surface area contributed by atoms with Crippen LogP contribution >= 0.6 is 0 Å². The molecule has 0 aromatic heterocycles. The summed E-state index contributed by atoms with van der Waals surface area (Å²) in [5.41, 5.74) is 2.96. The molecule has 3 aromatic rings. The molecule has 0 aliphatic carbocycles. The second kappa shape index (κ2) is 9.99. The van der Waals surface area contributed by atoms with Gasteiger partial charge < -0.3 is 10.2 Å². The molecule has 3 aromatic carbocycles. The third-order valence-corrected chi connectivity index (χ3v) is 5.59. The highest BCUT2D eigenvalue weighted by molar-refractivity contribution is 5.89. The second-order valence-electron chi connectivity index (χ2n) is 9.56. The average Bonchev–Trinajstić information content (AvgIpc) is 2.74. The van der Waals surface area contributed by atoms with Gasteiger partial charge in [-0.1, -0.05) is 72.3 Å². The van der Waals surface area contributed by atoms with Crippen LogP contribution in [0.3, 0.4) is 0 Å². The number of rotatable bonds is 7. The van der Waals surface area contributed by atoms with Crippen LogP contribution in [0.4, 0.5) is 0 Å². The molecule has 0 saturated carbocycles. The van der Waals surface area contributed by atoms with Crippen LogP contribution in [0, 0.1) is 6.92 Å². The van der Waals surface area contributed by atoms with Crippen molar-refractivity contribution in [3.63, 3.8) is 0 Å². The van der Waals surface area contributed by atoms with Crippen molar-refractivity contribution in [1.82, 2.24) is 10.2 Å². The van der Waals surface area contributed by atoms with E-state index in [4.69, 9.17) is 0 Å². The van der Waals surface area contributed by atoms with Crippen LogP contribution in [0.15, 0.2) is 66.7 Å². The normalized spacial score (nSPS) is 12.4. The Morgan fingerprint density at radius 3 is 2.38 bits per heavy atom. The topological polar surface area (TPSA) is 49.4 Å². The van der Waals surface area contributed by atoms with Crippen molar-refractivity contribution in [3.8, 4) is 0 Å². The second-order valence-corrected chi connectivity index (χ2v) is 9.56. The lowest BCUT2D eigenvalue weighted by atomic mass is 10.00. The Labute approximate surface area is 191 Å². The lowest BCUT2D eigenvalue weighted by Gasteiger charge is -2.31. The summed E-state index contributed by atoms with van der Waals surface area (Å²) < 4.78 is 0. The van der Waals surface area contributed by atoms with Crippen molar-refractivity contribution >= 4 is 22.6 Å². The van der Waals surface area contributed by atoms with Gasteiger partial charge in [0, 0.05) is 18.5 Å². The van der Waals surface area contributed by atoms with Gasteiger partial charge in [-0.25, -0.2) is 0 Å². The summed E-state index contributed by atoms with van der Waals surface area (Å²) in [6, 6.07) is 22.0. The molecule has 3 rings (SSSR count). The van der Waals surface area contributed by atoms with E-state index in [2.05, 4.69) is 35.6 Å². The average molecular weight is 431 g/mol. The van der Waals surface area contributed by atoms with Gasteiger partial charge in [0.25, 0.3) is 0 Å². The first-order valence-electron chi connectivity index (χ1n) is 11.3. The Morgan fingerprint density at radius 2 is 1.66 bits per heavy atom. The number of hydrogen-bond acceptors (Lipinski definition) is 2. The molecule has 0 bridgehead atoms. The minimum absolute atomic E-state index is 0.0176. The van der Waals surface area contributed by atoms with Gasteiger partial charge in [-0.05, 0) is 62.9 Å². The van der Waals surface area contributed by atoms with E-state index in [1.165, 1.54) is 10.8 Å². The number of hydrogen-bond donors (Lipinski definition) is 1. The van der Waals surface area contributed by atoms with Gasteiger partial charge in [-0.3, -0.25) is 9.59 Å². The van der Waals surface area contributed by atoms with Crippen LogP contribution in [0.2, 0.25) is 0 Å². The summed E-state index contributed by atoms with van der Waals surface area (Å²) in [6.07, 6.45) is 0.991. The molecule has 4 nitrogen and oxygen atoms in total. The number of amides is 2. The number of fused-ring (bicyclic) bond motifs is 1. The van der Waals surface area contributed by atoms with Gasteiger partial charge >= 0.3 is 0 Å². The van der Waals surface area contributed by atoms with Gasteiger partial charge in [0.1, 0.15) is 6.04 Å². The van der Waals surface area contributed by atoms with Crippen LogP contribution in [-0.2, 0) is 22.6 Å². The minimum atomic E-state index is -0.560. The maximum Gasteiger partial charge on any atom is 0.242 e. The van der Waals surface area contributed by atoms with Crippen molar-refractivity contribution in [2.75, 3.05) is 0 Å². The van der Waals surface area contributed by atoms with Gasteiger partial charge in [0.2, 0.25) is 11.8 Å². The van der Waals surface area contributed by atoms with E-state index in [9.17, 15) is 9.59 Å². The summed E-state index contributed by atoms with van der Waals surface area (Å²) in [5.74, 6) is -0.153. The molecule has 0 aliphatic heterocycles. The van der Waals surface area contributed by atoms with Crippen LogP contribution in [0.1, 0.15) is 50.8 Å². The number of aryl methyl sites for hydroxylation is 2. The molecule has 2 amide bonds.